The molecule has 0 amide bonds. The summed E-state index contributed by atoms with van der Waals surface area (Å²) >= 11 is 6.25. The predicted molar refractivity (Wildman–Crippen MR) is 55.8 cm³/mol. The molecule has 0 saturated heterocycles. The number of thiophene rings is 1. The number of hydrogen-bond donors (Lipinski definition) is 1. The van der Waals surface area contributed by atoms with Crippen molar-refractivity contribution >= 4 is 24.0 Å². The number of rotatable bonds is 2. The van der Waals surface area contributed by atoms with Gasteiger partial charge in [0.05, 0.1) is 0 Å². The average molecular weight is 186 g/mol. The molecule has 0 saturated carbocycles. The molecule has 0 spiro atoms. The van der Waals surface area contributed by atoms with Crippen molar-refractivity contribution in [2.45, 2.75) is 31.9 Å². The number of thiol groups is 1. The van der Waals surface area contributed by atoms with Gasteiger partial charge in [0.15, 0.2) is 0 Å². The lowest BCUT2D eigenvalue weighted by Crippen LogP contribution is -1.78. The highest BCUT2D eigenvalue weighted by molar-refractivity contribution is 7.80. The molecule has 62 valence electrons. The van der Waals surface area contributed by atoms with Gasteiger partial charge in [-0.15, -0.1) is 11.3 Å². The summed E-state index contributed by atoms with van der Waals surface area (Å²) in [5.74, 6) is 0.654. The molecule has 1 heterocycles. The summed E-state index contributed by atoms with van der Waals surface area (Å²) in [6.45, 7) is 6.55. The van der Waals surface area contributed by atoms with Crippen LogP contribution in [-0.2, 0) is 0 Å². The summed E-state index contributed by atoms with van der Waals surface area (Å²) in [5, 5.41) is 0.382. The second-order valence-corrected chi connectivity index (χ2v) is 4.99. The third kappa shape index (κ3) is 2.24. The van der Waals surface area contributed by atoms with Crippen LogP contribution in [-0.4, -0.2) is 0 Å². The van der Waals surface area contributed by atoms with Crippen LogP contribution in [0, 0.1) is 0 Å². The Morgan fingerprint density at radius 1 is 1.18 bits per heavy atom. The third-order valence-electron chi connectivity index (χ3n) is 1.63. The van der Waals surface area contributed by atoms with Crippen molar-refractivity contribution < 1.29 is 0 Å². The fourth-order valence-corrected chi connectivity index (χ4v) is 2.10. The molecule has 2 heteroatoms. The van der Waals surface area contributed by atoms with Crippen LogP contribution in [0.5, 0.6) is 0 Å². The van der Waals surface area contributed by atoms with Crippen molar-refractivity contribution in [2.75, 3.05) is 0 Å². The van der Waals surface area contributed by atoms with Crippen LogP contribution in [0.3, 0.4) is 0 Å². The second kappa shape index (κ2) is 3.63. The highest BCUT2D eigenvalue weighted by Gasteiger charge is 2.06. The van der Waals surface area contributed by atoms with E-state index in [0.29, 0.717) is 11.2 Å². The lowest BCUT2D eigenvalue weighted by molar-refractivity contribution is 0.890. The Bertz CT molecular complexity index is 201. The molecule has 0 fully saturated rings. The maximum Gasteiger partial charge on any atom is 0.0332 e. The summed E-state index contributed by atoms with van der Waals surface area (Å²) in [4.78, 5) is 2.83. The fraction of sp³-hybridized carbons (Fsp3) is 0.556. The van der Waals surface area contributed by atoms with E-state index >= 15 is 0 Å². The van der Waals surface area contributed by atoms with Gasteiger partial charge in [-0.25, -0.2) is 0 Å². The smallest absolute Gasteiger partial charge is 0.0332 e. The van der Waals surface area contributed by atoms with Crippen LogP contribution in [0.25, 0.3) is 0 Å². The van der Waals surface area contributed by atoms with Gasteiger partial charge in [-0.1, -0.05) is 13.8 Å². The van der Waals surface area contributed by atoms with Gasteiger partial charge in [-0.05, 0) is 25.0 Å². The topological polar surface area (TPSA) is 0 Å². The Morgan fingerprint density at radius 3 is 2.00 bits per heavy atom. The second-order valence-electron chi connectivity index (χ2n) is 3.07. The van der Waals surface area contributed by atoms with Gasteiger partial charge in [0.1, 0.15) is 0 Å². The first kappa shape index (κ1) is 9.14. The summed E-state index contributed by atoms with van der Waals surface area (Å²) in [5.41, 5.74) is 0. The van der Waals surface area contributed by atoms with E-state index in [9.17, 15) is 0 Å². The largest absolute Gasteiger partial charge is 0.171 e. The zero-order valence-corrected chi connectivity index (χ0v) is 8.88. The average Bonchev–Trinajstić information content (AvgIpc) is 2.33. The molecule has 0 radical (unpaired) electrons. The fourth-order valence-electron chi connectivity index (χ4n) is 0.903. The van der Waals surface area contributed by atoms with Gasteiger partial charge in [0, 0.05) is 15.0 Å². The predicted octanol–water partition coefficient (Wildman–Crippen LogP) is 3.86. The van der Waals surface area contributed by atoms with Gasteiger partial charge in [0.2, 0.25) is 0 Å². The summed E-state index contributed by atoms with van der Waals surface area (Å²) < 4.78 is 0. The van der Waals surface area contributed by atoms with E-state index in [1.807, 2.05) is 11.3 Å². The lowest BCUT2D eigenvalue weighted by Gasteiger charge is -1.99. The molecular formula is C9H14S2. The Labute approximate surface area is 78.1 Å². The SMILES string of the molecule is CC(C)c1ccc(C(C)S)s1. The molecule has 0 N–H and O–H groups in total. The minimum absolute atomic E-state index is 0.382. The Kier molecular flexibility index (Phi) is 3.02. The van der Waals surface area contributed by atoms with Crippen LogP contribution < -0.4 is 0 Å². The van der Waals surface area contributed by atoms with E-state index in [0.717, 1.165) is 0 Å². The molecule has 0 aliphatic heterocycles. The summed E-state index contributed by atoms with van der Waals surface area (Å²) in [6.07, 6.45) is 0. The minimum atomic E-state index is 0.382. The van der Waals surface area contributed by atoms with Crippen molar-refractivity contribution in [3.05, 3.63) is 21.9 Å². The van der Waals surface area contributed by atoms with E-state index in [2.05, 4.69) is 45.5 Å². The maximum atomic E-state index is 4.38. The lowest BCUT2D eigenvalue weighted by atomic mass is 10.2. The maximum absolute atomic E-state index is 4.38. The van der Waals surface area contributed by atoms with Gasteiger partial charge < -0.3 is 0 Å². The van der Waals surface area contributed by atoms with E-state index in [4.69, 9.17) is 0 Å². The van der Waals surface area contributed by atoms with Crippen LogP contribution >= 0.6 is 24.0 Å². The first-order valence-electron chi connectivity index (χ1n) is 3.89. The van der Waals surface area contributed by atoms with Gasteiger partial charge in [-0.2, -0.15) is 12.6 Å². The van der Waals surface area contributed by atoms with Crippen LogP contribution in [0.2, 0.25) is 0 Å². The molecule has 11 heavy (non-hydrogen) atoms. The van der Waals surface area contributed by atoms with Gasteiger partial charge >= 0.3 is 0 Å². The normalized spacial score (nSPS) is 13.9. The third-order valence-corrected chi connectivity index (χ3v) is 3.65. The van der Waals surface area contributed by atoms with Gasteiger partial charge in [-0.3, -0.25) is 0 Å². The van der Waals surface area contributed by atoms with E-state index in [-0.39, 0.29) is 0 Å². The van der Waals surface area contributed by atoms with Crippen LogP contribution in [0.4, 0.5) is 0 Å². The van der Waals surface area contributed by atoms with E-state index < -0.39 is 0 Å². The standard InChI is InChI=1S/C9H14S2/c1-6(2)8-4-5-9(11-8)7(3)10/h4-7,10H,1-3H3. The van der Waals surface area contributed by atoms with Crippen molar-refractivity contribution in [1.82, 2.24) is 0 Å². The molecule has 0 aromatic carbocycles. The van der Waals surface area contributed by atoms with Crippen molar-refractivity contribution in [3.63, 3.8) is 0 Å². The summed E-state index contributed by atoms with van der Waals surface area (Å²) in [7, 11) is 0. The Morgan fingerprint density at radius 2 is 1.73 bits per heavy atom. The van der Waals surface area contributed by atoms with E-state index in [1.54, 1.807) is 0 Å². The molecule has 0 bridgehead atoms. The van der Waals surface area contributed by atoms with Gasteiger partial charge in [0.25, 0.3) is 0 Å². The number of hydrogen-bond acceptors (Lipinski definition) is 2. The van der Waals surface area contributed by atoms with Crippen LogP contribution in [0.15, 0.2) is 12.1 Å². The molecule has 1 aromatic heterocycles. The van der Waals surface area contributed by atoms with Crippen molar-refractivity contribution in [1.29, 1.82) is 0 Å². The first-order chi connectivity index (χ1) is 5.11. The van der Waals surface area contributed by atoms with Crippen molar-refractivity contribution in [3.8, 4) is 0 Å². The quantitative estimate of drug-likeness (QED) is 0.666. The van der Waals surface area contributed by atoms with Crippen molar-refractivity contribution in [2.24, 2.45) is 0 Å². The monoisotopic (exact) mass is 186 g/mol. The molecule has 1 aromatic rings. The zero-order valence-electron chi connectivity index (χ0n) is 7.16. The minimum Gasteiger partial charge on any atom is -0.171 e. The highest BCUT2D eigenvalue weighted by atomic mass is 32.1. The molecule has 0 aliphatic carbocycles. The molecule has 0 nitrogen and oxygen atoms in total. The molecule has 1 atom stereocenters. The summed E-state index contributed by atoms with van der Waals surface area (Å²) in [6, 6.07) is 4.38. The Balaban J connectivity index is 2.82. The zero-order chi connectivity index (χ0) is 8.43. The Hall–Kier alpha value is 0.0500. The molecule has 1 rings (SSSR count). The first-order valence-corrected chi connectivity index (χ1v) is 5.22. The van der Waals surface area contributed by atoms with Crippen LogP contribution in [0.1, 0.15) is 41.7 Å². The molecular weight excluding hydrogens is 172 g/mol. The van der Waals surface area contributed by atoms with E-state index in [1.165, 1.54) is 9.75 Å². The highest BCUT2D eigenvalue weighted by Crippen LogP contribution is 2.30. The molecule has 1 unspecified atom stereocenters. The molecule has 0 aliphatic rings.